The molecular weight excluding hydrogens is 264 g/mol. The summed E-state index contributed by atoms with van der Waals surface area (Å²) < 4.78 is 5.41. The van der Waals surface area contributed by atoms with E-state index in [0.29, 0.717) is 17.6 Å². The van der Waals surface area contributed by atoms with Gasteiger partial charge in [-0.15, -0.1) is 0 Å². The predicted octanol–water partition coefficient (Wildman–Crippen LogP) is 3.10. The summed E-state index contributed by atoms with van der Waals surface area (Å²) in [7, 11) is 1.65. The van der Waals surface area contributed by atoms with E-state index in [9.17, 15) is 0 Å². The second-order valence-electron chi connectivity index (χ2n) is 5.33. The molecule has 0 bridgehead atoms. The Kier molecular flexibility index (Phi) is 4.01. The summed E-state index contributed by atoms with van der Waals surface area (Å²) in [5.74, 6) is 8.14. The Bertz CT molecular complexity index is 623. The van der Waals surface area contributed by atoms with Crippen LogP contribution in [0.15, 0.2) is 30.3 Å². The molecule has 0 amide bonds. The molecule has 5 heteroatoms. The third-order valence-electron chi connectivity index (χ3n) is 4.02. The van der Waals surface area contributed by atoms with Gasteiger partial charge in [0.05, 0.1) is 12.7 Å². The number of anilines is 1. The van der Waals surface area contributed by atoms with Crippen LogP contribution in [0.3, 0.4) is 0 Å². The number of nitrogens with zero attached hydrogens (tertiary/aromatic N) is 2. The summed E-state index contributed by atoms with van der Waals surface area (Å²) in [5, 5.41) is 0. The molecular formula is C16H20N4O. The number of nitrogen functional groups attached to an aromatic ring is 1. The minimum absolute atomic E-state index is 0.508. The van der Waals surface area contributed by atoms with E-state index in [1.54, 1.807) is 7.11 Å². The summed E-state index contributed by atoms with van der Waals surface area (Å²) >= 11 is 0. The molecule has 0 spiro atoms. The number of methoxy groups -OCH3 is 1. The predicted molar refractivity (Wildman–Crippen MR) is 83.0 cm³/mol. The standard InChI is InChI=1S/C16H20N4O/c1-21-14-9-5-4-8-12(14)16-18-13(10-15(19-16)20-17)11-6-2-3-7-11/h4-5,8-11H,2-3,6-7,17H2,1H3,(H,18,19,20). The Balaban J connectivity index is 2.06. The Hall–Kier alpha value is -2.14. The molecule has 5 nitrogen and oxygen atoms in total. The normalized spacial score (nSPS) is 15.1. The zero-order chi connectivity index (χ0) is 14.7. The van der Waals surface area contributed by atoms with E-state index < -0.39 is 0 Å². The van der Waals surface area contributed by atoms with Gasteiger partial charge in [-0.25, -0.2) is 15.8 Å². The molecule has 1 fully saturated rings. The number of ether oxygens (including phenoxy) is 1. The average Bonchev–Trinajstić information content (AvgIpc) is 3.09. The first kappa shape index (κ1) is 13.8. The van der Waals surface area contributed by atoms with Crippen molar-refractivity contribution >= 4 is 5.82 Å². The number of aromatic nitrogens is 2. The monoisotopic (exact) mass is 284 g/mol. The molecule has 3 N–H and O–H groups in total. The molecule has 0 aliphatic heterocycles. The molecule has 0 unspecified atom stereocenters. The second-order valence-corrected chi connectivity index (χ2v) is 5.33. The lowest BCUT2D eigenvalue weighted by molar-refractivity contribution is 0.416. The van der Waals surface area contributed by atoms with Gasteiger partial charge in [-0.3, -0.25) is 0 Å². The van der Waals surface area contributed by atoms with Gasteiger partial charge in [-0.1, -0.05) is 25.0 Å². The summed E-state index contributed by atoms with van der Waals surface area (Å²) in [4.78, 5) is 9.23. The molecule has 1 aliphatic rings. The molecule has 3 rings (SSSR count). The molecule has 0 atom stereocenters. The van der Waals surface area contributed by atoms with E-state index in [1.807, 2.05) is 30.3 Å². The van der Waals surface area contributed by atoms with Crippen molar-refractivity contribution in [3.8, 4) is 17.1 Å². The van der Waals surface area contributed by atoms with Gasteiger partial charge in [0.1, 0.15) is 11.6 Å². The van der Waals surface area contributed by atoms with Gasteiger partial charge < -0.3 is 10.2 Å². The van der Waals surface area contributed by atoms with Crippen LogP contribution < -0.4 is 16.0 Å². The topological polar surface area (TPSA) is 73.1 Å². The van der Waals surface area contributed by atoms with Crippen LogP contribution in [0.4, 0.5) is 5.82 Å². The van der Waals surface area contributed by atoms with Gasteiger partial charge in [0.25, 0.3) is 0 Å². The molecule has 2 aromatic rings. The summed E-state index contributed by atoms with van der Waals surface area (Å²) in [6.45, 7) is 0. The smallest absolute Gasteiger partial charge is 0.165 e. The van der Waals surface area contributed by atoms with E-state index in [0.717, 1.165) is 17.0 Å². The quantitative estimate of drug-likeness (QED) is 0.666. The van der Waals surface area contributed by atoms with E-state index >= 15 is 0 Å². The molecule has 1 saturated carbocycles. The highest BCUT2D eigenvalue weighted by molar-refractivity contribution is 5.65. The van der Waals surface area contributed by atoms with Crippen LogP contribution >= 0.6 is 0 Å². The van der Waals surface area contributed by atoms with Crippen LogP contribution in [-0.2, 0) is 0 Å². The van der Waals surface area contributed by atoms with Crippen molar-refractivity contribution in [3.05, 3.63) is 36.0 Å². The van der Waals surface area contributed by atoms with E-state index in [4.69, 9.17) is 15.6 Å². The van der Waals surface area contributed by atoms with Crippen LogP contribution in [0, 0.1) is 0 Å². The van der Waals surface area contributed by atoms with Crippen molar-refractivity contribution < 1.29 is 4.74 Å². The number of hydrogen-bond donors (Lipinski definition) is 2. The van der Waals surface area contributed by atoms with Crippen LogP contribution in [0.2, 0.25) is 0 Å². The Labute approximate surface area is 124 Å². The highest BCUT2D eigenvalue weighted by Crippen LogP contribution is 2.35. The first-order chi connectivity index (χ1) is 10.3. The molecule has 1 aromatic carbocycles. The fourth-order valence-electron chi connectivity index (χ4n) is 2.92. The number of hydrogen-bond acceptors (Lipinski definition) is 5. The lowest BCUT2D eigenvalue weighted by Gasteiger charge is -2.13. The number of rotatable bonds is 4. The lowest BCUT2D eigenvalue weighted by Crippen LogP contribution is -2.11. The maximum atomic E-state index is 5.56. The number of nitrogens with one attached hydrogen (secondary N) is 1. The highest BCUT2D eigenvalue weighted by atomic mass is 16.5. The van der Waals surface area contributed by atoms with Crippen molar-refractivity contribution in [2.45, 2.75) is 31.6 Å². The van der Waals surface area contributed by atoms with Gasteiger partial charge in [0.15, 0.2) is 5.82 Å². The first-order valence-corrected chi connectivity index (χ1v) is 7.31. The van der Waals surface area contributed by atoms with Gasteiger partial charge in [0.2, 0.25) is 0 Å². The van der Waals surface area contributed by atoms with E-state index in [2.05, 4.69) is 10.4 Å². The van der Waals surface area contributed by atoms with Crippen molar-refractivity contribution in [2.75, 3.05) is 12.5 Å². The number of para-hydroxylation sites is 1. The second kappa shape index (κ2) is 6.10. The molecule has 0 saturated heterocycles. The number of benzene rings is 1. The van der Waals surface area contributed by atoms with E-state index in [-0.39, 0.29) is 0 Å². The molecule has 110 valence electrons. The summed E-state index contributed by atoms with van der Waals surface area (Å²) in [6.07, 6.45) is 4.91. The number of nitrogens with two attached hydrogens (primary N) is 1. The van der Waals surface area contributed by atoms with Crippen LogP contribution in [0.1, 0.15) is 37.3 Å². The van der Waals surface area contributed by atoms with Crippen molar-refractivity contribution in [1.82, 2.24) is 9.97 Å². The fourth-order valence-corrected chi connectivity index (χ4v) is 2.92. The van der Waals surface area contributed by atoms with Crippen molar-refractivity contribution in [3.63, 3.8) is 0 Å². The maximum absolute atomic E-state index is 5.56. The third kappa shape index (κ3) is 2.83. The third-order valence-corrected chi connectivity index (χ3v) is 4.02. The Morgan fingerprint density at radius 3 is 2.67 bits per heavy atom. The van der Waals surface area contributed by atoms with Crippen molar-refractivity contribution in [1.29, 1.82) is 0 Å². The van der Waals surface area contributed by atoms with Gasteiger partial charge in [-0.2, -0.15) is 0 Å². The fraction of sp³-hybridized carbons (Fsp3) is 0.375. The zero-order valence-electron chi connectivity index (χ0n) is 12.2. The summed E-state index contributed by atoms with van der Waals surface area (Å²) in [6, 6.07) is 9.72. The maximum Gasteiger partial charge on any atom is 0.165 e. The minimum Gasteiger partial charge on any atom is -0.496 e. The minimum atomic E-state index is 0.508. The lowest BCUT2D eigenvalue weighted by atomic mass is 10.0. The zero-order valence-corrected chi connectivity index (χ0v) is 12.2. The average molecular weight is 284 g/mol. The van der Waals surface area contributed by atoms with Gasteiger partial charge in [0, 0.05) is 17.7 Å². The van der Waals surface area contributed by atoms with Crippen LogP contribution in [0.25, 0.3) is 11.4 Å². The molecule has 21 heavy (non-hydrogen) atoms. The highest BCUT2D eigenvalue weighted by Gasteiger charge is 2.21. The van der Waals surface area contributed by atoms with Gasteiger partial charge in [-0.05, 0) is 25.0 Å². The molecule has 1 aliphatic carbocycles. The molecule has 1 heterocycles. The summed E-state index contributed by atoms with van der Waals surface area (Å²) in [5.41, 5.74) is 4.60. The molecule has 0 radical (unpaired) electrons. The Morgan fingerprint density at radius 1 is 1.19 bits per heavy atom. The Morgan fingerprint density at radius 2 is 1.95 bits per heavy atom. The van der Waals surface area contributed by atoms with Gasteiger partial charge >= 0.3 is 0 Å². The van der Waals surface area contributed by atoms with Crippen molar-refractivity contribution in [2.24, 2.45) is 5.84 Å². The first-order valence-electron chi connectivity index (χ1n) is 7.31. The number of hydrazine groups is 1. The van der Waals surface area contributed by atoms with E-state index in [1.165, 1.54) is 25.7 Å². The van der Waals surface area contributed by atoms with Crippen LogP contribution in [0.5, 0.6) is 5.75 Å². The van der Waals surface area contributed by atoms with Crippen LogP contribution in [-0.4, -0.2) is 17.1 Å². The SMILES string of the molecule is COc1ccccc1-c1nc(NN)cc(C2CCCC2)n1. The molecule has 1 aromatic heterocycles. The largest absolute Gasteiger partial charge is 0.496 e.